The molecule has 36 heavy (non-hydrogen) atoms. The molecular weight excluding hydrogens is 440 g/mol. The van der Waals surface area contributed by atoms with Crippen LogP contribution in [0, 0.1) is 0 Å². The van der Waals surface area contributed by atoms with Crippen LogP contribution in [0.15, 0.2) is 72.8 Å². The van der Waals surface area contributed by atoms with Gasteiger partial charge in [0, 0.05) is 0 Å². The van der Waals surface area contributed by atoms with Crippen LogP contribution >= 0.6 is 0 Å². The SMILES string of the molecule is CCCCCCCCOc1ccc(-c2ccccc2-c2ccc(OCCCCCCCC)cc2)cc1. The molecule has 0 aromatic heterocycles. The fourth-order valence-corrected chi connectivity index (χ4v) is 4.59. The molecule has 194 valence electrons. The van der Waals surface area contributed by atoms with Crippen LogP contribution in [-0.2, 0) is 0 Å². The summed E-state index contributed by atoms with van der Waals surface area (Å²) in [6.45, 7) is 6.12. The third kappa shape index (κ3) is 9.72. The highest BCUT2D eigenvalue weighted by Crippen LogP contribution is 2.33. The molecule has 0 radical (unpaired) electrons. The van der Waals surface area contributed by atoms with Crippen molar-refractivity contribution in [3.63, 3.8) is 0 Å². The maximum Gasteiger partial charge on any atom is 0.119 e. The van der Waals surface area contributed by atoms with Gasteiger partial charge in [-0.1, -0.05) is 127 Å². The molecule has 3 rings (SSSR count). The molecule has 0 aliphatic carbocycles. The van der Waals surface area contributed by atoms with Gasteiger partial charge in [-0.15, -0.1) is 0 Å². The van der Waals surface area contributed by atoms with E-state index in [4.69, 9.17) is 9.47 Å². The Morgan fingerprint density at radius 2 is 0.778 bits per heavy atom. The van der Waals surface area contributed by atoms with Gasteiger partial charge < -0.3 is 9.47 Å². The first-order valence-electron chi connectivity index (χ1n) is 14.4. The summed E-state index contributed by atoms with van der Waals surface area (Å²) in [5.41, 5.74) is 4.89. The summed E-state index contributed by atoms with van der Waals surface area (Å²) in [7, 11) is 0. The normalized spacial score (nSPS) is 10.9. The van der Waals surface area contributed by atoms with Crippen molar-refractivity contribution < 1.29 is 9.47 Å². The monoisotopic (exact) mass is 486 g/mol. The molecule has 0 unspecified atom stereocenters. The lowest BCUT2D eigenvalue weighted by atomic mass is 9.94. The average molecular weight is 487 g/mol. The highest BCUT2D eigenvalue weighted by atomic mass is 16.5. The third-order valence-electron chi connectivity index (χ3n) is 6.79. The minimum absolute atomic E-state index is 0.801. The molecule has 0 saturated heterocycles. The van der Waals surface area contributed by atoms with E-state index in [0.717, 1.165) is 37.6 Å². The Kier molecular flexibility index (Phi) is 13.0. The van der Waals surface area contributed by atoms with E-state index in [-0.39, 0.29) is 0 Å². The third-order valence-corrected chi connectivity index (χ3v) is 6.79. The first kappa shape index (κ1) is 27.8. The Morgan fingerprint density at radius 1 is 0.417 bits per heavy atom. The second-order valence-corrected chi connectivity index (χ2v) is 9.83. The van der Waals surface area contributed by atoms with E-state index in [2.05, 4.69) is 86.6 Å². The van der Waals surface area contributed by atoms with Gasteiger partial charge in [-0.05, 0) is 59.4 Å². The molecule has 0 fully saturated rings. The van der Waals surface area contributed by atoms with Crippen molar-refractivity contribution in [1.82, 2.24) is 0 Å². The van der Waals surface area contributed by atoms with Gasteiger partial charge in [0.05, 0.1) is 13.2 Å². The van der Waals surface area contributed by atoms with Crippen LogP contribution in [0.5, 0.6) is 11.5 Å². The van der Waals surface area contributed by atoms with Gasteiger partial charge in [0.15, 0.2) is 0 Å². The number of hydrogen-bond acceptors (Lipinski definition) is 2. The Morgan fingerprint density at radius 3 is 1.17 bits per heavy atom. The molecule has 2 heteroatoms. The minimum atomic E-state index is 0.801. The van der Waals surface area contributed by atoms with Gasteiger partial charge >= 0.3 is 0 Å². The Hall–Kier alpha value is -2.74. The molecule has 0 spiro atoms. The Balaban J connectivity index is 1.51. The van der Waals surface area contributed by atoms with Crippen molar-refractivity contribution in [3.8, 4) is 33.8 Å². The first-order valence-corrected chi connectivity index (χ1v) is 14.4. The van der Waals surface area contributed by atoms with Crippen molar-refractivity contribution in [1.29, 1.82) is 0 Å². The van der Waals surface area contributed by atoms with E-state index >= 15 is 0 Å². The van der Waals surface area contributed by atoms with Crippen LogP contribution < -0.4 is 9.47 Å². The molecule has 3 aromatic carbocycles. The quantitative estimate of drug-likeness (QED) is 0.166. The number of rotatable bonds is 18. The summed E-state index contributed by atoms with van der Waals surface area (Å²) >= 11 is 0. The van der Waals surface area contributed by atoms with Crippen molar-refractivity contribution in [2.75, 3.05) is 13.2 Å². The summed E-state index contributed by atoms with van der Waals surface area (Å²) in [6.07, 6.45) is 15.4. The zero-order valence-corrected chi connectivity index (χ0v) is 22.6. The Bertz CT molecular complexity index is 879. The average Bonchev–Trinajstić information content (AvgIpc) is 2.93. The molecular formula is C34H46O2. The maximum absolute atomic E-state index is 5.98. The molecule has 0 aliphatic heterocycles. The molecule has 3 aromatic rings. The molecule has 0 amide bonds. The van der Waals surface area contributed by atoms with Gasteiger partial charge in [-0.2, -0.15) is 0 Å². The standard InChI is InChI=1S/C34H46O2/c1-3-5-7-9-11-15-27-35-31-23-19-29(20-24-31)33-17-13-14-18-34(33)30-21-25-32(26-22-30)36-28-16-12-10-8-6-4-2/h13-14,17-26H,3-12,15-16,27-28H2,1-2H3. The van der Waals surface area contributed by atoms with E-state index in [0.29, 0.717) is 0 Å². The fourth-order valence-electron chi connectivity index (χ4n) is 4.59. The van der Waals surface area contributed by atoms with Crippen molar-refractivity contribution in [2.24, 2.45) is 0 Å². The number of ether oxygens (including phenoxy) is 2. The largest absolute Gasteiger partial charge is 0.494 e. The van der Waals surface area contributed by atoms with Crippen LogP contribution in [0.25, 0.3) is 22.3 Å². The van der Waals surface area contributed by atoms with Gasteiger partial charge in [0.1, 0.15) is 11.5 Å². The van der Waals surface area contributed by atoms with Gasteiger partial charge in [0.2, 0.25) is 0 Å². The van der Waals surface area contributed by atoms with Gasteiger partial charge in [0.25, 0.3) is 0 Å². The van der Waals surface area contributed by atoms with E-state index in [1.54, 1.807) is 0 Å². The summed E-state index contributed by atoms with van der Waals surface area (Å²) in [4.78, 5) is 0. The van der Waals surface area contributed by atoms with Crippen LogP contribution in [-0.4, -0.2) is 13.2 Å². The topological polar surface area (TPSA) is 18.5 Å². The summed E-state index contributed by atoms with van der Waals surface area (Å²) in [5.74, 6) is 1.91. The summed E-state index contributed by atoms with van der Waals surface area (Å²) < 4.78 is 12.0. The number of unbranched alkanes of at least 4 members (excludes halogenated alkanes) is 10. The fraction of sp³-hybridized carbons (Fsp3) is 0.471. The predicted octanol–water partition coefficient (Wildman–Crippen LogP) is 10.5. The highest BCUT2D eigenvalue weighted by Gasteiger charge is 2.08. The first-order chi connectivity index (χ1) is 17.8. The zero-order valence-electron chi connectivity index (χ0n) is 22.6. The minimum Gasteiger partial charge on any atom is -0.494 e. The predicted molar refractivity (Wildman–Crippen MR) is 155 cm³/mol. The zero-order chi connectivity index (χ0) is 25.3. The van der Waals surface area contributed by atoms with Gasteiger partial charge in [-0.25, -0.2) is 0 Å². The highest BCUT2D eigenvalue weighted by molar-refractivity contribution is 5.83. The molecule has 0 heterocycles. The van der Waals surface area contributed by atoms with Crippen LogP contribution in [0.3, 0.4) is 0 Å². The number of hydrogen-bond donors (Lipinski definition) is 0. The van der Waals surface area contributed by atoms with Crippen LogP contribution in [0.4, 0.5) is 0 Å². The summed E-state index contributed by atoms with van der Waals surface area (Å²) in [5, 5.41) is 0. The molecule has 2 nitrogen and oxygen atoms in total. The Labute approximate surface area is 220 Å². The van der Waals surface area contributed by atoms with Crippen LogP contribution in [0.1, 0.15) is 90.9 Å². The van der Waals surface area contributed by atoms with Crippen molar-refractivity contribution in [2.45, 2.75) is 90.9 Å². The van der Waals surface area contributed by atoms with Crippen LogP contribution in [0.2, 0.25) is 0 Å². The molecule has 0 saturated carbocycles. The molecule has 0 aliphatic rings. The van der Waals surface area contributed by atoms with E-state index in [1.165, 1.54) is 86.5 Å². The maximum atomic E-state index is 5.98. The molecule has 0 bridgehead atoms. The second-order valence-electron chi connectivity index (χ2n) is 9.83. The van der Waals surface area contributed by atoms with E-state index < -0.39 is 0 Å². The second kappa shape index (κ2) is 16.8. The van der Waals surface area contributed by atoms with E-state index in [1.807, 2.05) is 0 Å². The van der Waals surface area contributed by atoms with E-state index in [9.17, 15) is 0 Å². The smallest absolute Gasteiger partial charge is 0.119 e. The van der Waals surface area contributed by atoms with Crippen molar-refractivity contribution >= 4 is 0 Å². The number of benzene rings is 3. The summed E-state index contributed by atoms with van der Waals surface area (Å²) in [6, 6.07) is 25.7. The lowest BCUT2D eigenvalue weighted by Gasteiger charge is -2.12. The lowest BCUT2D eigenvalue weighted by molar-refractivity contribution is 0.304. The molecule has 0 N–H and O–H groups in total. The van der Waals surface area contributed by atoms with Gasteiger partial charge in [-0.3, -0.25) is 0 Å². The lowest BCUT2D eigenvalue weighted by Crippen LogP contribution is -1.97. The van der Waals surface area contributed by atoms with Crippen molar-refractivity contribution in [3.05, 3.63) is 72.8 Å². The molecule has 0 atom stereocenters.